The number of amides is 1. The van der Waals surface area contributed by atoms with Gasteiger partial charge in [0.2, 0.25) is 5.91 Å². The minimum absolute atomic E-state index is 0.0161. The van der Waals surface area contributed by atoms with Gasteiger partial charge in [-0.2, -0.15) is 0 Å². The predicted molar refractivity (Wildman–Crippen MR) is 100 cm³/mol. The summed E-state index contributed by atoms with van der Waals surface area (Å²) in [5.74, 6) is -0.118. The van der Waals surface area contributed by atoms with Crippen molar-refractivity contribution in [3.8, 4) is 0 Å². The van der Waals surface area contributed by atoms with Crippen molar-refractivity contribution in [2.45, 2.75) is 26.3 Å². The number of rotatable bonds is 4. The Hall–Kier alpha value is -2.11. The molecule has 1 heterocycles. The quantitative estimate of drug-likeness (QED) is 0.745. The Bertz CT molecular complexity index is 959. The summed E-state index contributed by atoms with van der Waals surface area (Å²) in [7, 11) is 0. The van der Waals surface area contributed by atoms with Gasteiger partial charge in [-0.1, -0.05) is 35.1 Å². The summed E-state index contributed by atoms with van der Waals surface area (Å²) in [6.07, 6.45) is 0.252. The number of carbonyl (C=O) groups is 1. The highest BCUT2D eigenvalue weighted by Gasteiger charge is 2.11. The molecule has 0 aliphatic rings. The molecule has 0 fully saturated rings. The van der Waals surface area contributed by atoms with Crippen LogP contribution in [0.25, 0.3) is 10.2 Å². The molecule has 124 valence electrons. The Labute approximate surface area is 148 Å². The number of aromatic nitrogens is 1. The van der Waals surface area contributed by atoms with Crippen LogP contribution in [0.15, 0.2) is 47.3 Å². The first kappa shape index (κ1) is 16.7. The molecule has 0 bridgehead atoms. The Kier molecular flexibility index (Phi) is 4.73. The van der Waals surface area contributed by atoms with Gasteiger partial charge in [0.25, 0.3) is 0 Å². The summed E-state index contributed by atoms with van der Waals surface area (Å²) in [5.41, 5.74) is 2.44. The maximum atomic E-state index is 12.2. The van der Waals surface area contributed by atoms with Crippen LogP contribution < -0.4 is 10.2 Å². The second-order valence-corrected chi connectivity index (χ2v) is 7.30. The van der Waals surface area contributed by atoms with Crippen LogP contribution in [0.1, 0.15) is 25.5 Å². The van der Waals surface area contributed by atoms with E-state index in [0.29, 0.717) is 10.7 Å². The summed E-state index contributed by atoms with van der Waals surface area (Å²) < 4.78 is 2.63. The summed E-state index contributed by atoms with van der Waals surface area (Å²) >= 11 is 7.13. The van der Waals surface area contributed by atoms with E-state index < -0.39 is 0 Å². The summed E-state index contributed by atoms with van der Waals surface area (Å²) in [6.45, 7) is 3.96. The second-order valence-electron chi connectivity index (χ2n) is 5.87. The van der Waals surface area contributed by atoms with Crippen LogP contribution >= 0.6 is 22.9 Å². The molecule has 0 atom stereocenters. The first-order chi connectivity index (χ1) is 11.4. The molecule has 0 aliphatic carbocycles. The third-order valence-electron chi connectivity index (χ3n) is 3.67. The number of fused-ring (bicyclic) bond motifs is 1. The first-order valence-electron chi connectivity index (χ1n) is 7.63. The van der Waals surface area contributed by atoms with Crippen molar-refractivity contribution in [1.82, 2.24) is 4.57 Å². The van der Waals surface area contributed by atoms with Crippen molar-refractivity contribution in [2.24, 2.45) is 0 Å². The molecule has 1 N–H and O–H groups in total. The van der Waals surface area contributed by atoms with E-state index in [1.165, 1.54) is 11.3 Å². The monoisotopic (exact) mass is 360 g/mol. The number of carbonyl (C=O) groups excluding carboxylic acids is 1. The Morgan fingerprint density at radius 3 is 2.75 bits per heavy atom. The number of hydrogen-bond acceptors (Lipinski definition) is 3. The van der Waals surface area contributed by atoms with Gasteiger partial charge in [-0.3, -0.25) is 14.2 Å². The summed E-state index contributed by atoms with van der Waals surface area (Å²) in [6, 6.07) is 12.9. The highest BCUT2D eigenvalue weighted by Crippen LogP contribution is 2.24. The lowest BCUT2D eigenvalue weighted by molar-refractivity contribution is -0.115. The summed E-state index contributed by atoms with van der Waals surface area (Å²) in [4.78, 5) is 24.3. The molecule has 3 rings (SSSR count). The number of halogens is 1. The van der Waals surface area contributed by atoms with E-state index in [-0.39, 0.29) is 23.2 Å². The number of benzene rings is 2. The third-order valence-corrected chi connectivity index (χ3v) is 4.82. The molecule has 0 radical (unpaired) electrons. The standard InChI is InChI=1S/C18H17ClN2O2S/c1-11(2)21-15-7-6-14(10-16(15)24-18(21)23)20-17(22)9-12-4-3-5-13(19)8-12/h3-8,10-11H,9H2,1-2H3,(H,20,22). The molecule has 0 spiro atoms. The average Bonchev–Trinajstić information content (AvgIpc) is 2.82. The Morgan fingerprint density at radius 2 is 2.04 bits per heavy atom. The normalized spacial score (nSPS) is 11.2. The van der Waals surface area contributed by atoms with Crippen LogP contribution in [0.3, 0.4) is 0 Å². The first-order valence-corrected chi connectivity index (χ1v) is 8.83. The van der Waals surface area contributed by atoms with E-state index in [9.17, 15) is 9.59 Å². The molecule has 3 aromatic rings. The minimum atomic E-state index is -0.118. The molecule has 0 aliphatic heterocycles. The highest BCUT2D eigenvalue weighted by molar-refractivity contribution is 7.16. The fourth-order valence-corrected chi connectivity index (χ4v) is 3.91. The van der Waals surface area contributed by atoms with Crippen molar-refractivity contribution >= 4 is 44.7 Å². The van der Waals surface area contributed by atoms with Gasteiger partial charge in [0.05, 0.1) is 16.6 Å². The third kappa shape index (κ3) is 3.52. The summed E-state index contributed by atoms with van der Waals surface area (Å²) in [5, 5.41) is 3.49. The largest absolute Gasteiger partial charge is 0.326 e. The van der Waals surface area contributed by atoms with E-state index in [2.05, 4.69) is 5.32 Å². The zero-order valence-corrected chi connectivity index (χ0v) is 14.9. The van der Waals surface area contributed by atoms with Gasteiger partial charge in [-0.25, -0.2) is 0 Å². The fourth-order valence-electron chi connectivity index (χ4n) is 2.64. The van der Waals surface area contributed by atoms with Crippen molar-refractivity contribution in [2.75, 3.05) is 5.32 Å². The molecular weight excluding hydrogens is 344 g/mol. The Morgan fingerprint density at radius 1 is 1.25 bits per heavy atom. The van der Waals surface area contributed by atoms with Crippen molar-refractivity contribution in [3.05, 3.63) is 62.7 Å². The number of anilines is 1. The topological polar surface area (TPSA) is 51.1 Å². The van der Waals surface area contributed by atoms with Crippen molar-refractivity contribution < 1.29 is 4.79 Å². The van der Waals surface area contributed by atoms with Gasteiger partial charge < -0.3 is 5.32 Å². The van der Waals surface area contributed by atoms with Gasteiger partial charge >= 0.3 is 4.87 Å². The fraction of sp³-hybridized carbons (Fsp3) is 0.222. The molecule has 2 aromatic carbocycles. The lowest BCUT2D eigenvalue weighted by atomic mass is 10.1. The van der Waals surface area contributed by atoms with Gasteiger partial charge in [-0.05, 0) is 49.7 Å². The Balaban J connectivity index is 1.80. The van der Waals surface area contributed by atoms with Crippen molar-refractivity contribution in [3.63, 3.8) is 0 Å². The van der Waals surface area contributed by atoms with Crippen LogP contribution in [-0.2, 0) is 11.2 Å². The minimum Gasteiger partial charge on any atom is -0.326 e. The maximum absolute atomic E-state index is 12.2. The zero-order valence-electron chi connectivity index (χ0n) is 13.4. The van der Waals surface area contributed by atoms with Gasteiger partial charge in [0.1, 0.15) is 0 Å². The van der Waals surface area contributed by atoms with Crippen LogP contribution in [-0.4, -0.2) is 10.5 Å². The van der Waals surface area contributed by atoms with Crippen LogP contribution in [0, 0.1) is 0 Å². The molecule has 0 saturated heterocycles. The van der Waals surface area contributed by atoms with Crippen LogP contribution in [0.4, 0.5) is 5.69 Å². The number of hydrogen-bond donors (Lipinski definition) is 1. The molecule has 0 unspecified atom stereocenters. The van der Waals surface area contributed by atoms with E-state index in [1.54, 1.807) is 16.7 Å². The molecule has 1 aromatic heterocycles. The van der Waals surface area contributed by atoms with Crippen LogP contribution in [0.5, 0.6) is 0 Å². The van der Waals surface area contributed by atoms with Crippen molar-refractivity contribution in [1.29, 1.82) is 0 Å². The van der Waals surface area contributed by atoms with Crippen LogP contribution in [0.2, 0.25) is 5.02 Å². The van der Waals surface area contributed by atoms with Gasteiger partial charge in [0.15, 0.2) is 0 Å². The smallest absolute Gasteiger partial charge is 0.308 e. The zero-order chi connectivity index (χ0) is 17.3. The van der Waals surface area contributed by atoms with E-state index in [0.717, 1.165) is 15.8 Å². The highest BCUT2D eigenvalue weighted by atomic mass is 35.5. The van der Waals surface area contributed by atoms with Gasteiger partial charge in [0, 0.05) is 16.8 Å². The molecule has 24 heavy (non-hydrogen) atoms. The molecule has 6 heteroatoms. The number of thiazole rings is 1. The lowest BCUT2D eigenvalue weighted by Crippen LogP contribution is -2.15. The SMILES string of the molecule is CC(C)n1c(=O)sc2cc(NC(=O)Cc3cccc(Cl)c3)ccc21. The van der Waals surface area contributed by atoms with E-state index >= 15 is 0 Å². The molecule has 4 nitrogen and oxygen atoms in total. The van der Waals surface area contributed by atoms with Gasteiger partial charge in [-0.15, -0.1) is 0 Å². The van der Waals surface area contributed by atoms with E-state index in [4.69, 9.17) is 11.6 Å². The molecule has 0 saturated carbocycles. The molecular formula is C18H17ClN2O2S. The number of nitrogens with zero attached hydrogens (tertiary/aromatic N) is 1. The number of nitrogens with one attached hydrogen (secondary N) is 1. The lowest BCUT2D eigenvalue weighted by Gasteiger charge is -2.09. The average molecular weight is 361 g/mol. The maximum Gasteiger partial charge on any atom is 0.308 e. The second kappa shape index (κ2) is 6.79. The molecule has 1 amide bonds. The van der Waals surface area contributed by atoms with E-state index in [1.807, 2.05) is 44.2 Å². The predicted octanol–water partition coefficient (Wildman–Crippen LogP) is 4.48.